The molecule has 2 nitrogen and oxygen atoms in total. The number of aliphatic hydroxyl groups is 1. The molecule has 2 atom stereocenters. The van der Waals surface area contributed by atoms with E-state index < -0.39 is 22.8 Å². The van der Waals surface area contributed by atoms with Gasteiger partial charge in [0.15, 0.2) is 0 Å². The molecule has 2 saturated heterocycles. The summed E-state index contributed by atoms with van der Waals surface area (Å²) in [6, 6.07) is 6.18. The molecule has 0 aromatic heterocycles. The van der Waals surface area contributed by atoms with Gasteiger partial charge in [-0.05, 0) is 31.2 Å². The second-order valence-corrected chi connectivity index (χ2v) is 7.47. The van der Waals surface area contributed by atoms with Crippen molar-refractivity contribution in [1.29, 1.82) is 0 Å². The minimum Gasteiger partial charge on any atom is -0.385 e. The van der Waals surface area contributed by atoms with Gasteiger partial charge in [0.2, 0.25) is 0 Å². The van der Waals surface area contributed by atoms with E-state index in [1.807, 2.05) is 0 Å². The molecule has 1 aromatic carbocycles. The molecule has 0 spiro atoms. The Morgan fingerprint density at radius 3 is 2.37 bits per heavy atom. The molecule has 2 aliphatic rings. The molecular formula is C14H16F2O2S. The molecule has 2 bridgehead atoms. The highest BCUT2D eigenvalue weighted by Crippen LogP contribution is 2.47. The summed E-state index contributed by atoms with van der Waals surface area (Å²) in [5, 5.41) is 10.7. The molecule has 19 heavy (non-hydrogen) atoms. The zero-order valence-electron chi connectivity index (χ0n) is 10.4. The third-order valence-electron chi connectivity index (χ3n) is 4.30. The lowest BCUT2D eigenvalue weighted by Crippen LogP contribution is -2.40. The summed E-state index contributed by atoms with van der Waals surface area (Å²) in [5.74, 6) is 0. The summed E-state index contributed by atoms with van der Waals surface area (Å²) in [7, 11) is -0.904. The van der Waals surface area contributed by atoms with Crippen molar-refractivity contribution in [3.8, 4) is 0 Å². The zero-order chi connectivity index (χ0) is 13.6. The third-order valence-corrected chi connectivity index (χ3v) is 6.41. The van der Waals surface area contributed by atoms with E-state index >= 15 is 0 Å². The molecule has 2 fully saturated rings. The Bertz CT molecular complexity index is 502. The fourth-order valence-corrected chi connectivity index (χ4v) is 5.57. The summed E-state index contributed by atoms with van der Waals surface area (Å²) in [4.78, 5) is 0. The second-order valence-electron chi connectivity index (χ2n) is 5.48. The lowest BCUT2D eigenvalue weighted by molar-refractivity contribution is 0.0139. The first-order valence-corrected chi connectivity index (χ1v) is 7.78. The van der Waals surface area contributed by atoms with Crippen LogP contribution in [0.3, 0.4) is 0 Å². The SMILES string of the molecule is O=S1C2CCC1CC(O)(c1ccccc1C(F)F)C2. The summed E-state index contributed by atoms with van der Waals surface area (Å²) in [6.45, 7) is 0. The minimum absolute atomic E-state index is 0.0468. The number of fused-ring (bicyclic) bond motifs is 2. The average Bonchev–Trinajstić information content (AvgIpc) is 2.63. The molecule has 2 aliphatic heterocycles. The summed E-state index contributed by atoms with van der Waals surface area (Å²) >= 11 is 0. The molecule has 0 amide bonds. The number of benzene rings is 1. The predicted molar refractivity (Wildman–Crippen MR) is 69.5 cm³/mol. The molecule has 1 N–H and O–H groups in total. The maximum Gasteiger partial charge on any atom is 0.264 e. The maximum atomic E-state index is 13.1. The van der Waals surface area contributed by atoms with Crippen LogP contribution in [0.1, 0.15) is 43.2 Å². The quantitative estimate of drug-likeness (QED) is 0.907. The second kappa shape index (κ2) is 4.63. The Hall–Kier alpha value is -0.810. The van der Waals surface area contributed by atoms with Crippen molar-refractivity contribution in [1.82, 2.24) is 0 Å². The van der Waals surface area contributed by atoms with E-state index in [9.17, 15) is 18.1 Å². The standard InChI is InChI=1S/C14H16F2O2S/c15-13(16)11-3-1-2-4-12(11)14(17)7-9-5-6-10(8-14)19(9)18/h1-4,9-10,13,17H,5-8H2. The fraction of sp³-hybridized carbons (Fsp3) is 0.571. The average molecular weight is 286 g/mol. The highest BCUT2D eigenvalue weighted by Gasteiger charge is 2.49. The molecule has 0 aliphatic carbocycles. The summed E-state index contributed by atoms with van der Waals surface area (Å²) < 4.78 is 38.1. The van der Waals surface area contributed by atoms with Crippen LogP contribution in [0.4, 0.5) is 8.78 Å². The summed E-state index contributed by atoms with van der Waals surface area (Å²) in [6.07, 6.45) is -0.266. The van der Waals surface area contributed by atoms with Crippen molar-refractivity contribution in [2.75, 3.05) is 0 Å². The number of hydrogen-bond acceptors (Lipinski definition) is 2. The summed E-state index contributed by atoms with van der Waals surface area (Å²) in [5.41, 5.74) is -1.03. The van der Waals surface area contributed by atoms with Gasteiger partial charge in [-0.15, -0.1) is 0 Å². The smallest absolute Gasteiger partial charge is 0.264 e. The van der Waals surface area contributed by atoms with Crippen LogP contribution in [0.15, 0.2) is 24.3 Å². The van der Waals surface area contributed by atoms with Gasteiger partial charge in [-0.1, -0.05) is 24.3 Å². The topological polar surface area (TPSA) is 37.3 Å². The number of rotatable bonds is 2. The Kier molecular flexibility index (Phi) is 3.21. The van der Waals surface area contributed by atoms with Crippen molar-refractivity contribution < 1.29 is 18.1 Å². The molecule has 104 valence electrons. The first-order valence-electron chi connectivity index (χ1n) is 6.50. The van der Waals surface area contributed by atoms with Crippen LogP contribution in [-0.2, 0) is 16.4 Å². The van der Waals surface area contributed by atoms with E-state index in [1.54, 1.807) is 18.2 Å². The minimum atomic E-state index is -2.59. The van der Waals surface area contributed by atoms with Crippen LogP contribution in [0.25, 0.3) is 0 Å². The molecule has 0 saturated carbocycles. The predicted octanol–water partition coefficient (Wildman–Crippen LogP) is 2.89. The first-order chi connectivity index (χ1) is 9.01. The highest BCUT2D eigenvalue weighted by atomic mass is 32.2. The molecule has 2 unspecified atom stereocenters. The molecule has 1 aromatic rings. The van der Waals surface area contributed by atoms with Crippen molar-refractivity contribution in [3.05, 3.63) is 35.4 Å². The number of hydrogen-bond donors (Lipinski definition) is 1. The normalized spacial score (nSPS) is 37.8. The molecule has 0 radical (unpaired) electrons. The van der Waals surface area contributed by atoms with Gasteiger partial charge in [-0.25, -0.2) is 8.78 Å². The van der Waals surface area contributed by atoms with Gasteiger partial charge in [0.1, 0.15) is 0 Å². The Morgan fingerprint density at radius 2 is 1.79 bits per heavy atom. The Balaban J connectivity index is 2.00. The van der Waals surface area contributed by atoms with Crippen LogP contribution < -0.4 is 0 Å². The van der Waals surface area contributed by atoms with E-state index in [4.69, 9.17) is 0 Å². The highest BCUT2D eigenvalue weighted by molar-refractivity contribution is 7.86. The zero-order valence-corrected chi connectivity index (χ0v) is 11.2. The maximum absolute atomic E-state index is 13.1. The van der Waals surface area contributed by atoms with Crippen molar-refractivity contribution in [3.63, 3.8) is 0 Å². The lowest BCUT2D eigenvalue weighted by atomic mass is 9.83. The third kappa shape index (κ3) is 2.13. The first kappa shape index (κ1) is 13.2. The Morgan fingerprint density at radius 1 is 1.21 bits per heavy atom. The van der Waals surface area contributed by atoms with E-state index in [0.29, 0.717) is 18.4 Å². The molecular weight excluding hydrogens is 270 g/mol. The van der Waals surface area contributed by atoms with Crippen molar-refractivity contribution in [2.45, 2.75) is 48.2 Å². The van der Waals surface area contributed by atoms with Gasteiger partial charge in [-0.2, -0.15) is 0 Å². The van der Waals surface area contributed by atoms with E-state index in [2.05, 4.69) is 0 Å². The number of alkyl halides is 2. The largest absolute Gasteiger partial charge is 0.385 e. The number of halogens is 2. The molecule has 5 heteroatoms. The fourth-order valence-electron chi connectivity index (χ4n) is 3.41. The van der Waals surface area contributed by atoms with Gasteiger partial charge in [-0.3, -0.25) is 4.21 Å². The lowest BCUT2D eigenvalue weighted by Gasteiger charge is -2.37. The van der Waals surface area contributed by atoms with Crippen LogP contribution in [0, 0.1) is 0 Å². The van der Waals surface area contributed by atoms with E-state index in [1.165, 1.54) is 6.07 Å². The van der Waals surface area contributed by atoms with E-state index in [-0.39, 0.29) is 16.1 Å². The van der Waals surface area contributed by atoms with Crippen LogP contribution in [0.2, 0.25) is 0 Å². The van der Waals surface area contributed by atoms with Gasteiger partial charge in [0.25, 0.3) is 6.43 Å². The van der Waals surface area contributed by atoms with Crippen molar-refractivity contribution in [2.24, 2.45) is 0 Å². The van der Waals surface area contributed by atoms with Gasteiger partial charge in [0, 0.05) is 26.9 Å². The molecule has 3 rings (SSSR count). The monoisotopic (exact) mass is 286 g/mol. The van der Waals surface area contributed by atoms with Crippen molar-refractivity contribution >= 4 is 10.8 Å². The van der Waals surface area contributed by atoms with Gasteiger partial charge >= 0.3 is 0 Å². The van der Waals surface area contributed by atoms with Crippen LogP contribution in [-0.4, -0.2) is 19.8 Å². The van der Waals surface area contributed by atoms with E-state index in [0.717, 1.165) is 12.8 Å². The van der Waals surface area contributed by atoms with Crippen LogP contribution >= 0.6 is 0 Å². The molecule has 2 heterocycles. The van der Waals surface area contributed by atoms with Gasteiger partial charge in [0.05, 0.1) is 5.60 Å². The van der Waals surface area contributed by atoms with Gasteiger partial charge < -0.3 is 5.11 Å². The van der Waals surface area contributed by atoms with Crippen LogP contribution in [0.5, 0.6) is 0 Å². The Labute approximate surface area is 113 Å².